The van der Waals surface area contributed by atoms with E-state index in [0.717, 1.165) is 30.3 Å². The molecule has 2 amide bonds. The summed E-state index contributed by atoms with van der Waals surface area (Å²) < 4.78 is 161. The van der Waals surface area contributed by atoms with Crippen LogP contribution in [0.25, 0.3) is 0 Å². The van der Waals surface area contributed by atoms with E-state index < -0.39 is 76.8 Å². The number of benzene rings is 2. The number of rotatable bonds is 3. The predicted octanol–water partition coefficient (Wildman–Crippen LogP) is 5.04. The standard InChI is InChI=1S/C27H26F8N2O5S2/c1-16-15-43(39,40)13-12-36(16)23(38)37-11-10-24(44(41,42)20-6-4-19(28)5-7-20)21-8-3-18(14-17(21)2-9-22(24)37)25(29,26(30,31)32)27(33,34)35/h3-8,14,16,22H,2,9-13,15H2,1H3/t16?,22-,24-/m1/s1. The average molecular weight is 675 g/mol. The highest BCUT2D eigenvalue weighted by atomic mass is 32.2. The molecule has 0 saturated carbocycles. The lowest BCUT2D eigenvalue weighted by atomic mass is 9.77. The molecule has 0 bridgehead atoms. The lowest BCUT2D eigenvalue weighted by Crippen LogP contribution is -2.58. The Morgan fingerprint density at radius 1 is 0.932 bits per heavy atom. The number of hydrogen-bond acceptors (Lipinski definition) is 5. The van der Waals surface area contributed by atoms with Crippen molar-refractivity contribution < 1.29 is 56.8 Å². The molecule has 0 N–H and O–H groups in total. The van der Waals surface area contributed by atoms with Crippen molar-refractivity contribution in [1.29, 1.82) is 0 Å². The Labute approximate surface area is 247 Å². The summed E-state index contributed by atoms with van der Waals surface area (Å²) in [5, 5.41) is 0. The van der Waals surface area contributed by atoms with Crippen LogP contribution in [0, 0.1) is 5.82 Å². The third-order valence-electron chi connectivity index (χ3n) is 8.83. The van der Waals surface area contributed by atoms with Crippen LogP contribution in [0.4, 0.5) is 39.9 Å². The zero-order valence-corrected chi connectivity index (χ0v) is 24.6. The number of fused-ring (bicyclic) bond motifs is 3. The molecule has 0 radical (unpaired) electrons. The SMILES string of the molecule is CC1CS(=O)(=O)CCN1C(=O)N1CC[C@@]2(S(=O)(=O)c3ccc(F)cc3)c3ccc(C(F)(C(F)(F)F)C(F)(F)F)cc3CC[C@@H]12. The van der Waals surface area contributed by atoms with Gasteiger partial charge in [0, 0.05) is 24.7 Å². The molecule has 2 aromatic rings. The highest BCUT2D eigenvalue weighted by Crippen LogP contribution is 2.56. The molecule has 5 rings (SSSR count). The fourth-order valence-corrected chi connectivity index (χ4v) is 10.7. The van der Waals surface area contributed by atoms with Crippen LogP contribution in [-0.4, -0.2) is 81.7 Å². The Kier molecular flexibility index (Phi) is 7.59. The molecular formula is C27H26F8N2O5S2. The first kappa shape index (κ1) is 32.4. The zero-order valence-electron chi connectivity index (χ0n) is 22.9. The Hall–Kier alpha value is -2.95. The normalized spacial score (nSPS) is 25.8. The molecule has 1 aliphatic carbocycles. The molecule has 3 aliphatic rings. The summed E-state index contributed by atoms with van der Waals surface area (Å²) in [6.07, 6.45) is -13.6. The van der Waals surface area contributed by atoms with E-state index in [2.05, 4.69) is 0 Å². The van der Waals surface area contributed by atoms with Crippen LogP contribution in [0.15, 0.2) is 47.4 Å². The van der Waals surface area contributed by atoms with Crippen LogP contribution in [0.3, 0.4) is 0 Å². The predicted molar refractivity (Wildman–Crippen MR) is 140 cm³/mol. The van der Waals surface area contributed by atoms with Gasteiger partial charge in [0.2, 0.25) is 0 Å². The van der Waals surface area contributed by atoms with Crippen LogP contribution in [0.5, 0.6) is 0 Å². The number of hydrogen-bond donors (Lipinski definition) is 0. The Morgan fingerprint density at radius 3 is 2.11 bits per heavy atom. The van der Waals surface area contributed by atoms with Crippen molar-refractivity contribution in [3.8, 4) is 0 Å². The Balaban J connectivity index is 1.66. The molecule has 0 spiro atoms. The number of likely N-dealkylation sites (tertiary alicyclic amines) is 1. The van der Waals surface area contributed by atoms with Gasteiger partial charge in [0.1, 0.15) is 10.6 Å². The first-order valence-corrected chi connectivity index (χ1v) is 16.7. The topological polar surface area (TPSA) is 91.8 Å². The van der Waals surface area contributed by atoms with Gasteiger partial charge in [-0.05, 0) is 61.6 Å². The summed E-state index contributed by atoms with van der Waals surface area (Å²) in [5.41, 5.74) is -7.97. The molecule has 2 saturated heterocycles. The molecular weight excluding hydrogens is 648 g/mol. The van der Waals surface area contributed by atoms with E-state index in [1.807, 2.05) is 0 Å². The molecule has 2 fully saturated rings. The number of carbonyl (C=O) groups excluding carboxylic acids is 1. The van der Waals surface area contributed by atoms with E-state index in [1.54, 1.807) is 0 Å². The summed E-state index contributed by atoms with van der Waals surface area (Å²) in [6.45, 7) is 1.13. The quantitative estimate of drug-likeness (QED) is 0.336. The summed E-state index contributed by atoms with van der Waals surface area (Å²) in [7, 11) is -8.07. The first-order valence-electron chi connectivity index (χ1n) is 13.4. The molecule has 2 heterocycles. The largest absolute Gasteiger partial charge is 0.435 e. The third-order valence-corrected chi connectivity index (χ3v) is 13.2. The lowest BCUT2D eigenvalue weighted by molar-refractivity contribution is -0.348. The summed E-state index contributed by atoms with van der Waals surface area (Å²) in [4.78, 5) is 15.9. The molecule has 2 aliphatic heterocycles. The van der Waals surface area contributed by atoms with Crippen LogP contribution in [0.1, 0.15) is 36.5 Å². The highest BCUT2D eigenvalue weighted by molar-refractivity contribution is 7.92. The fourth-order valence-electron chi connectivity index (χ4n) is 6.73. The minimum Gasteiger partial charge on any atom is -0.320 e. The maximum atomic E-state index is 15.0. The van der Waals surface area contributed by atoms with Gasteiger partial charge < -0.3 is 9.80 Å². The minimum atomic E-state index is -6.39. The molecule has 0 aromatic heterocycles. The van der Waals surface area contributed by atoms with Crippen molar-refractivity contribution in [2.24, 2.45) is 0 Å². The van der Waals surface area contributed by atoms with Crippen molar-refractivity contribution in [2.45, 2.75) is 65.9 Å². The number of carbonyl (C=O) groups is 1. The van der Waals surface area contributed by atoms with Gasteiger partial charge >= 0.3 is 24.1 Å². The van der Waals surface area contributed by atoms with Gasteiger partial charge in [-0.1, -0.05) is 18.2 Å². The number of nitrogens with zero attached hydrogens (tertiary/aromatic N) is 2. The second-order valence-corrected chi connectivity index (χ2v) is 15.7. The van der Waals surface area contributed by atoms with Gasteiger partial charge in [-0.2, -0.15) is 26.3 Å². The number of urea groups is 1. The van der Waals surface area contributed by atoms with Gasteiger partial charge in [0.25, 0.3) is 0 Å². The number of halogens is 8. The van der Waals surface area contributed by atoms with Crippen molar-refractivity contribution in [3.05, 3.63) is 65.0 Å². The van der Waals surface area contributed by atoms with E-state index in [0.29, 0.717) is 6.07 Å². The van der Waals surface area contributed by atoms with Crippen molar-refractivity contribution in [3.63, 3.8) is 0 Å². The monoisotopic (exact) mass is 674 g/mol. The number of aryl methyl sites for hydroxylation is 1. The minimum absolute atomic E-state index is 0.170. The third kappa shape index (κ3) is 4.75. The molecule has 44 heavy (non-hydrogen) atoms. The molecule has 242 valence electrons. The molecule has 3 atom stereocenters. The maximum absolute atomic E-state index is 15.0. The van der Waals surface area contributed by atoms with E-state index in [9.17, 15) is 56.8 Å². The average Bonchev–Trinajstić information content (AvgIpc) is 3.32. The van der Waals surface area contributed by atoms with Gasteiger partial charge in [-0.3, -0.25) is 0 Å². The van der Waals surface area contributed by atoms with E-state index in [-0.39, 0.29) is 61.1 Å². The van der Waals surface area contributed by atoms with Crippen LogP contribution >= 0.6 is 0 Å². The van der Waals surface area contributed by atoms with Gasteiger partial charge in [-0.15, -0.1) is 0 Å². The second-order valence-electron chi connectivity index (χ2n) is 11.3. The van der Waals surface area contributed by atoms with Gasteiger partial charge in [0.05, 0.1) is 22.4 Å². The van der Waals surface area contributed by atoms with Crippen molar-refractivity contribution in [2.75, 3.05) is 24.6 Å². The summed E-state index contributed by atoms with van der Waals surface area (Å²) >= 11 is 0. The Morgan fingerprint density at radius 2 is 1.55 bits per heavy atom. The van der Waals surface area contributed by atoms with Crippen LogP contribution in [0.2, 0.25) is 0 Å². The highest BCUT2D eigenvalue weighted by Gasteiger charge is 2.74. The molecule has 7 nitrogen and oxygen atoms in total. The number of sulfone groups is 2. The van der Waals surface area contributed by atoms with Crippen molar-refractivity contribution in [1.82, 2.24) is 9.80 Å². The van der Waals surface area contributed by atoms with E-state index >= 15 is 0 Å². The fraction of sp³-hybridized carbons (Fsp3) is 0.519. The molecule has 17 heteroatoms. The van der Waals surface area contributed by atoms with E-state index in [4.69, 9.17) is 0 Å². The van der Waals surface area contributed by atoms with Crippen LogP contribution in [-0.2, 0) is 36.5 Å². The lowest BCUT2D eigenvalue weighted by Gasteiger charge is -2.44. The van der Waals surface area contributed by atoms with Crippen molar-refractivity contribution >= 4 is 25.7 Å². The molecule has 1 unspecified atom stereocenters. The number of amides is 2. The number of alkyl halides is 7. The van der Waals surface area contributed by atoms with E-state index in [1.165, 1.54) is 16.7 Å². The van der Waals surface area contributed by atoms with Gasteiger partial charge in [-0.25, -0.2) is 30.4 Å². The Bertz CT molecular complexity index is 1680. The smallest absolute Gasteiger partial charge is 0.320 e. The van der Waals surface area contributed by atoms with Gasteiger partial charge in [0.15, 0.2) is 19.7 Å². The second kappa shape index (κ2) is 10.3. The first-order chi connectivity index (χ1) is 20.2. The summed E-state index contributed by atoms with van der Waals surface area (Å²) in [6, 6.07) is 2.39. The maximum Gasteiger partial charge on any atom is 0.435 e. The zero-order chi connectivity index (χ0) is 32.7. The summed E-state index contributed by atoms with van der Waals surface area (Å²) in [5.74, 6) is -1.43. The van der Waals surface area contributed by atoms with Crippen LogP contribution < -0.4 is 0 Å². The molecule has 2 aromatic carbocycles.